The molecule has 1 aromatic rings. The highest BCUT2D eigenvalue weighted by Gasteiger charge is 2.47. The van der Waals surface area contributed by atoms with Crippen LogP contribution in [0.25, 0.3) is 0 Å². The number of rotatable bonds is 6. The van der Waals surface area contributed by atoms with Gasteiger partial charge in [0.1, 0.15) is 6.10 Å². The molecular weight excluding hydrogens is 352 g/mol. The lowest BCUT2D eigenvalue weighted by molar-refractivity contribution is -0.119. The minimum atomic E-state index is -3.16. The van der Waals surface area contributed by atoms with Crippen LogP contribution in [-0.4, -0.2) is 26.4 Å². The summed E-state index contributed by atoms with van der Waals surface area (Å²) < 4.78 is 36.6. The van der Waals surface area contributed by atoms with Crippen LogP contribution in [0, 0.1) is 0 Å². The number of amides is 1. The molecule has 1 fully saturated rings. The minimum absolute atomic E-state index is 0.0451. The first-order valence-electron chi connectivity index (χ1n) is 9.02. The smallest absolute Gasteiger partial charge is 0.301 e. The maximum atomic E-state index is 15.2. The van der Waals surface area contributed by atoms with Crippen molar-refractivity contribution in [3.05, 3.63) is 48.0 Å². The molecule has 0 saturated carbocycles. The molecule has 3 nitrogen and oxygen atoms in total. The van der Waals surface area contributed by atoms with Crippen molar-refractivity contribution in [1.82, 2.24) is 5.32 Å². The molecule has 2 atom stereocenters. The monoisotopic (exact) mass is 381 g/mol. The second-order valence-electron chi connectivity index (χ2n) is 8.39. The number of benzene rings is 1. The standard InChI is InChI=1S/C20H29F2NO2Si/c1-19(2,3)26(4,5)25-17(13-11-16-12-14-18(24)23-16)20(21,22)15-9-7-6-8-10-15/h6-11,13,16-17H,12,14H2,1-5H3,(H,23,24)/b13-11+/t16-,17?/m0/s1. The first kappa shape index (κ1) is 20.8. The molecule has 1 aliphatic heterocycles. The Morgan fingerprint density at radius 1 is 1.23 bits per heavy atom. The SMILES string of the molecule is CC(C)(C)[Si](C)(C)OC(/C=C/[C@H]1CCC(=O)N1)C(F)(F)c1ccccc1. The van der Waals surface area contributed by atoms with E-state index in [9.17, 15) is 4.79 Å². The van der Waals surface area contributed by atoms with E-state index in [4.69, 9.17) is 4.43 Å². The average Bonchev–Trinajstić information content (AvgIpc) is 2.96. The number of alkyl halides is 2. The van der Waals surface area contributed by atoms with E-state index >= 15 is 8.78 Å². The van der Waals surface area contributed by atoms with Gasteiger partial charge in [0.25, 0.3) is 0 Å². The Balaban J connectivity index is 2.32. The summed E-state index contributed by atoms with van der Waals surface area (Å²) in [6, 6.07) is 7.56. The fourth-order valence-corrected chi connectivity index (χ4v) is 3.79. The molecule has 2 rings (SSSR count). The number of carbonyl (C=O) groups excluding carboxylic acids is 1. The lowest BCUT2D eigenvalue weighted by Crippen LogP contribution is -2.47. The zero-order valence-corrected chi connectivity index (χ0v) is 17.2. The summed E-state index contributed by atoms with van der Waals surface area (Å²) in [5.41, 5.74) is -0.0659. The summed E-state index contributed by atoms with van der Waals surface area (Å²) in [6.07, 6.45) is 2.77. The van der Waals surface area contributed by atoms with Gasteiger partial charge in [-0.25, -0.2) is 0 Å². The molecule has 1 N–H and O–H groups in total. The summed E-state index contributed by atoms with van der Waals surface area (Å²) >= 11 is 0. The molecule has 1 aliphatic rings. The number of nitrogens with one attached hydrogen (secondary N) is 1. The van der Waals surface area contributed by atoms with Gasteiger partial charge in [-0.1, -0.05) is 63.3 Å². The van der Waals surface area contributed by atoms with E-state index in [-0.39, 0.29) is 22.6 Å². The van der Waals surface area contributed by atoms with E-state index in [1.807, 2.05) is 33.9 Å². The van der Waals surface area contributed by atoms with Gasteiger partial charge < -0.3 is 9.74 Å². The van der Waals surface area contributed by atoms with Crippen molar-refractivity contribution in [3.8, 4) is 0 Å². The van der Waals surface area contributed by atoms with Crippen LogP contribution in [0.2, 0.25) is 18.1 Å². The van der Waals surface area contributed by atoms with E-state index < -0.39 is 20.3 Å². The first-order valence-corrected chi connectivity index (χ1v) is 11.9. The Morgan fingerprint density at radius 2 is 1.85 bits per heavy atom. The summed E-state index contributed by atoms with van der Waals surface area (Å²) in [5.74, 6) is -3.20. The Kier molecular flexibility index (Phi) is 6.08. The number of carbonyl (C=O) groups is 1. The van der Waals surface area contributed by atoms with Crippen LogP contribution >= 0.6 is 0 Å². The highest BCUT2D eigenvalue weighted by molar-refractivity contribution is 6.74. The van der Waals surface area contributed by atoms with E-state index in [0.717, 1.165) is 0 Å². The molecule has 0 radical (unpaired) electrons. The molecule has 0 aliphatic carbocycles. The molecule has 1 aromatic carbocycles. The van der Waals surface area contributed by atoms with Gasteiger partial charge in [0.05, 0.1) is 0 Å². The van der Waals surface area contributed by atoms with Crippen LogP contribution < -0.4 is 5.32 Å². The van der Waals surface area contributed by atoms with E-state index in [0.29, 0.717) is 12.8 Å². The summed E-state index contributed by atoms with van der Waals surface area (Å²) in [6.45, 7) is 10.0. The molecule has 1 unspecified atom stereocenters. The topological polar surface area (TPSA) is 38.3 Å². The molecule has 1 saturated heterocycles. The molecule has 0 bridgehead atoms. The predicted molar refractivity (Wildman–Crippen MR) is 103 cm³/mol. The van der Waals surface area contributed by atoms with Crippen LogP contribution in [-0.2, 0) is 15.1 Å². The maximum Gasteiger partial charge on any atom is 0.301 e. The molecular formula is C20H29F2NO2Si. The van der Waals surface area contributed by atoms with Crippen molar-refractivity contribution in [2.75, 3.05) is 0 Å². The quantitative estimate of drug-likeness (QED) is 0.556. The van der Waals surface area contributed by atoms with Gasteiger partial charge in [0, 0.05) is 18.0 Å². The average molecular weight is 382 g/mol. The predicted octanol–water partition coefficient (Wildman–Crippen LogP) is 5.00. The van der Waals surface area contributed by atoms with E-state index in [1.54, 1.807) is 24.3 Å². The van der Waals surface area contributed by atoms with E-state index in [1.165, 1.54) is 18.2 Å². The Morgan fingerprint density at radius 3 is 2.35 bits per heavy atom. The van der Waals surface area contributed by atoms with Crippen molar-refractivity contribution >= 4 is 14.2 Å². The van der Waals surface area contributed by atoms with Crippen LogP contribution in [0.3, 0.4) is 0 Å². The fraction of sp³-hybridized carbons (Fsp3) is 0.550. The van der Waals surface area contributed by atoms with Gasteiger partial charge in [0.15, 0.2) is 8.32 Å². The number of hydrogen-bond donors (Lipinski definition) is 1. The lowest BCUT2D eigenvalue weighted by Gasteiger charge is -2.40. The third kappa shape index (κ3) is 4.80. The van der Waals surface area contributed by atoms with Crippen molar-refractivity contribution in [1.29, 1.82) is 0 Å². The van der Waals surface area contributed by atoms with Gasteiger partial charge in [-0.2, -0.15) is 8.78 Å². The van der Waals surface area contributed by atoms with Crippen LogP contribution in [0.5, 0.6) is 0 Å². The van der Waals surface area contributed by atoms with Gasteiger partial charge in [-0.15, -0.1) is 0 Å². The second kappa shape index (κ2) is 7.60. The zero-order chi connectivity index (χ0) is 19.6. The Bertz CT molecular complexity index is 654. The van der Waals surface area contributed by atoms with Crippen molar-refractivity contribution < 1.29 is 18.0 Å². The molecule has 1 heterocycles. The molecule has 0 spiro atoms. The zero-order valence-electron chi connectivity index (χ0n) is 16.2. The highest BCUT2D eigenvalue weighted by Crippen LogP contribution is 2.42. The molecule has 144 valence electrons. The number of hydrogen-bond acceptors (Lipinski definition) is 2. The van der Waals surface area contributed by atoms with Crippen LogP contribution in [0.1, 0.15) is 39.2 Å². The highest BCUT2D eigenvalue weighted by atomic mass is 28.4. The molecule has 26 heavy (non-hydrogen) atoms. The Labute approximate surface area is 156 Å². The van der Waals surface area contributed by atoms with Crippen LogP contribution in [0.4, 0.5) is 8.78 Å². The third-order valence-electron chi connectivity index (χ3n) is 5.29. The number of halogens is 2. The van der Waals surface area contributed by atoms with Crippen molar-refractivity contribution in [3.63, 3.8) is 0 Å². The third-order valence-corrected chi connectivity index (χ3v) is 9.75. The molecule has 6 heteroatoms. The van der Waals surface area contributed by atoms with Crippen LogP contribution in [0.15, 0.2) is 42.5 Å². The Hall–Kier alpha value is -1.53. The normalized spacial score (nSPS) is 20.4. The van der Waals surface area contributed by atoms with Gasteiger partial charge in [-0.05, 0) is 24.6 Å². The molecule has 0 aromatic heterocycles. The summed E-state index contributed by atoms with van der Waals surface area (Å²) in [5, 5.41) is 2.59. The van der Waals surface area contributed by atoms with Gasteiger partial charge in [0.2, 0.25) is 5.91 Å². The summed E-state index contributed by atoms with van der Waals surface area (Å²) in [7, 11) is -2.42. The van der Waals surface area contributed by atoms with Crippen molar-refractivity contribution in [2.24, 2.45) is 0 Å². The van der Waals surface area contributed by atoms with E-state index in [2.05, 4.69) is 5.32 Å². The van der Waals surface area contributed by atoms with Gasteiger partial charge >= 0.3 is 5.92 Å². The maximum absolute atomic E-state index is 15.2. The lowest BCUT2D eigenvalue weighted by atomic mass is 10.0. The second-order valence-corrected chi connectivity index (χ2v) is 13.1. The fourth-order valence-electron chi connectivity index (χ4n) is 2.57. The first-order chi connectivity index (χ1) is 11.9. The molecule has 1 amide bonds. The minimum Gasteiger partial charge on any atom is -0.404 e. The van der Waals surface area contributed by atoms with Crippen molar-refractivity contribution in [2.45, 2.75) is 69.8 Å². The van der Waals surface area contributed by atoms with Gasteiger partial charge in [-0.3, -0.25) is 4.79 Å². The largest absolute Gasteiger partial charge is 0.404 e. The summed E-state index contributed by atoms with van der Waals surface area (Å²) in [4.78, 5) is 11.4.